The Labute approximate surface area is 106 Å². The lowest BCUT2D eigenvalue weighted by Crippen LogP contribution is -2.19. The van der Waals surface area contributed by atoms with Crippen LogP contribution < -0.4 is 10.1 Å². The average molecular weight is 255 g/mol. The number of benzene rings is 1. The SMILES string of the molecule is CCCOc1ccc(CNCCS(C)=O)cc1. The number of hydrogen-bond acceptors (Lipinski definition) is 3. The zero-order chi connectivity index (χ0) is 12.5. The summed E-state index contributed by atoms with van der Waals surface area (Å²) in [6.07, 6.45) is 2.75. The van der Waals surface area contributed by atoms with Crippen molar-refractivity contribution in [3.05, 3.63) is 29.8 Å². The van der Waals surface area contributed by atoms with Gasteiger partial charge in [-0.15, -0.1) is 0 Å². The van der Waals surface area contributed by atoms with Gasteiger partial charge >= 0.3 is 0 Å². The van der Waals surface area contributed by atoms with E-state index in [1.165, 1.54) is 5.56 Å². The smallest absolute Gasteiger partial charge is 0.119 e. The first-order valence-corrected chi connectivity index (χ1v) is 7.67. The summed E-state index contributed by atoms with van der Waals surface area (Å²) in [5.74, 6) is 1.63. The Bertz CT molecular complexity index is 338. The van der Waals surface area contributed by atoms with Crippen molar-refractivity contribution < 1.29 is 8.95 Å². The minimum atomic E-state index is -0.713. The predicted octanol–water partition coefficient (Wildman–Crippen LogP) is 1.94. The van der Waals surface area contributed by atoms with Gasteiger partial charge in [0, 0.05) is 35.9 Å². The summed E-state index contributed by atoms with van der Waals surface area (Å²) in [5.41, 5.74) is 1.22. The van der Waals surface area contributed by atoms with E-state index in [0.717, 1.165) is 31.9 Å². The van der Waals surface area contributed by atoms with Crippen LogP contribution in [0.1, 0.15) is 18.9 Å². The van der Waals surface area contributed by atoms with E-state index in [2.05, 4.69) is 24.4 Å². The normalized spacial score (nSPS) is 12.4. The van der Waals surface area contributed by atoms with Crippen LogP contribution in [0.5, 0.6) is 5.75 Å². The summed E-state index contributed by atoms with van der Waals surface area (Å²) >= 11 is 0. The number of hydrogen-bond donors (Lipinski definition) is 1. The molecule has 0 saturated carbocycles. The fourth-order valence-corrected chi connectivity index (χ4v) is 1.80. The summed E-state index contributed by atoms with van der Waals surface area (Å²) in [5, 5.41) is 3.26. The highest BCUT2D eigenvalue weighted by molar-refractivity contribution is 7.84. The maximum Gasteiger partial charge on any atom is 0.119 e. The van der Waals surface area contributed by atoms with Gasteiger partial charge in [0.15, 0.2) is 0 Å². The molecular formula is C13H21NO2S. The molecule has 0 aliphatic carbocycles. The second-order valence-corrected chi connectivity index (χ2v) is 5.50. The Morgan fingerprint density at radius 1 is 1.29 bits per heavy atom. The van der Waals surface area contributed by atoms with Crippen LogP contribution in [-0.4, -0.2) is 29.4 Å². The Hall–Kier alpha value is -0.870. The quantitative estimate of drug-likeness (QED) is 0.722. The molecule has 0 heterocycles. The van der Waals surface area contributed by atoms with Gasteiger partial charge < -0.3 is 10.1 Å². The molecule has 1 aromatic carbocycles. The first-order chi connectivity index (χ1) is 8.22. The molecule has 4 heteroatoms. The van der Waals surface area contributed by atoms with Crippen LogP contribution in [0.2, 0.25) is 0 Å². The highest BCUT2D eigenvalue weighted by Gasteiger charge is 1.96. The molecule has 1 atom stereocenters. The maximum absolute atomic E-state index is 10.9. The van der Waals surface area contributed by atoms with Crippen molar-refractivity contribution in [1.29, 1.82) is 0 Å². The van der Waals surface area contributed by atoms with Gasteiger partial charge in [0.1, 0.15) is 5.75 Å². The van der Waals surface area contributed by atoms with E-state index < -0.39 is 10.8 Å². The van der Waals surface area contributed by atoms with E-state index >= 15 is 0 Å². The van der Waals surface area contributed by atoms with Gasteiger partial charge in [-0.2, -0.15) is 0 Å². The van der Waals surface area contributed by atoms with E-state index in [9.17, 15) is 4.21 Å². The van der Waals surface area contributed by atoms with Crippen molar-refractivity contribution in [1.82, 2.24) is 5.32 Å². The maximum atomic E-state index is 10.9. The standard InChI is InChI=1S/C13H21NO2S/c1-3-9-16-13-6-4-12(5-7-13)11-14-8-10-17(2)15/h4-7,14H,3,8-11H2,1-2H3. The minimum absolute atomic E-state index is 0.706. The van der Waals surface area contributed by atoms with Gasteiger partial charge in [0.2, 0.25) is 0 Å². The first-order valence-electron chi connectivity index (χ1n) is 5.95. The summed E-state index contributed by atoms with van der Waals surface area (Å²) in [7, 11) is -0.713. The Morgan fingerprint density at radius 2 is 2.00 bits per heavy atom. The molecule has 1 rings (SSSR count). The Balaban J connectivity index is 2.27. The number of nitrogens with one attached hydrogen (secondary N) is 1. The van der Waals surface area contributed by atoms with Gasteiger partial charge in [-0.05, 0) is 24.1 Å². The van der Waals surface area contributed by atoms with E-state index in [0.29, 0.717) is 5.75 Å². The molecule has 17 heavy (non-hydrogen) atoms. The Morgan fingerprint density at radius 3 is 2.59 bits per heavy atom. The highest BCUT2D eigenvalue weighted by atomic mass is 32.2. The molecule has 3 nitrogen and oxygen atoms in total. The number of rotatable bonds is 8. The molecule has 0 bridgehead atoms. The zero-order valence-corrected chi connectivity index (χ0v) is 11.4. The zero-order valence-electron chi connectivity index (χ0n) is 10.6. The third kappa shape index (κ3) is 6.44. The van der Waals surface area contributed by atoms with Crippen molar-refractivity contribution in [2.75, 3.05) is 25.2 Å². The average Bonchev–Trinajstić information content (AvgIpc) is 2.33. The summed E-state index contributed by atoms with van der Waals surface area (Å²) in [6.45, 7) is 4.46. The van der Waals surface area contributed by atoms with Crippen LogP contribution in [0.3, 0.4) is 0 Å². The van der Waals surface area contributed by atoms with E-state index in [4.69, 9.17) is 4.74 Å². The van der Waals surface area contributed by atoms with Gasteiger partial charge in [-0.1, -0.05) is 19.1 Å². The van der Waals surface area contributed by atoms with E-state index in [-0.39, 0.29) is 0 Å². The lowest BCUT2D eigenvalue weighted by molar-refractivity contribution is 0.317. The molecule has 96 valence electrons. The van der Waals surface area contributed by atoms with Crippen LogP contribution in [0, 0.1) is 0 Å². The summed E-state index contributed by atoms with van der Waals surface area (Å²) in [4.78, 5) is 0. The molecule has 0 saturated heterocycles. The lowest BCUT2D eigenvalue weighted by Gasteiger charge is -2.06. The van der Waals surface area contributed by atoms with Crippen molar-refractivity contribution in [2.45, 2.75) is 19.9 Å². The van der Waals surface area contributed by atoms with Gasteiger partial charge in [0.05, 0.1) is 6.61 Å². The number of ether oxygens (including phenoxy) is 1. The molecule has 1 aromatic rings. The summed E-state index contributed by atoms with van der Waals surface area (Å²) < 4.78 is 16.4. The molecule has 0 fully saturated rings. The van der Waals surface area contributed by atoms with Crippen LogP contribution in [0.4, 0.5) is 0 Å². The van der Waals surface area contributed by atoms with Gasteiger partial charge in [0.25, 0.3) is 0 Å². The molecular weight excluding hydrogens is 234 g/mol. The van der Waals surface area contributed by atoms with Crippen LogP contribution >= 0.6 is 0 Å². The monoisotopic (exact) mass is 255 g/mol. The topological polar surface area (TPSA) is 38.3 Å². The molecule has 0 spiro atoms. The fourth-order valence-electron chi connectivity index (χ4n) is 1.37. The van der Waals surface area contributed by atoms with Crippen LogP contribution in [-0.2, 0) is 17.3 Å². The molecule has 1 N–H and O–H groups in total. The predicted molar refractivity (Wildman–Crippen MR) is 72.9 cm³/mol. The van der Waals surface area contributed by atoms with Crippen LogP contribution in [0.25, 0.3) is 0 Å². The van der Waals surface area contributed by atoms with Crippen molar-refractivity contribution >= 4 is 10.8 Å². The van der Waals surface area contributed by atoms with Gasteiger partial charge in [-0.3, -0.25) is 4.21 Å². The highest BCUT2D eigenvalue weighted by Crippen LogP contribution is 2.12. The van der Waals surface area contributed by atoms with Crippen molar-refractivity contribution in [3.8, 4) is 5.75 Å². The largest absolute Gasteiger partial charge is 0.494 e. The molecule has 1 unspecified atom stereocenters. The third-order valence-electron chi connectivity index (χ3n) is 2.29. The van der Waals surface area contributed by atoms with E-state index in [1.54, 1.807) is 6.26 Å². The molecule has 0 radical (unpaired) electrons. The molecule has 0 aromatic heterocycles. The Kier molecular flexibility index (Phi) is 6.89. The second kappa shape index (κ2) is 8.25. The second-order valence-electron chi connectivity index (χ2n) is 3.95. The minimum Gasteiger partial charge on any atom is -0.494 e. The van der Waals surface area contributed by atoms with Gasteiger partial charge in [-0.25, -0.2) is 0 Å². The molecule has 0 aliphatic rings. The summed E-state index contributed by atoms with van der Waals surface area (Å²) in [6, 6.07) is 8.09. The lowest BCUT2D eigenvalue weighted by atomic mass is 10.2. The third-order valence-corrected chi connectivity index (χ3v) is 3.07. The van der Waals surface area contributed by atoms with E-state index in [1.807, 2.05) is 12.1 Å². The van der Waals surface area contributed by atoms with Crippen molar-refractivity contribution in [2.24, 2.45) is 0 Å². The van der Waals surface area contributed by atoms with Crippen molar-refractivity contribution in [3.63, 3.8) is 0 Å². The molecule has 0 aliphatic heterocycles. The first kappa shape index (κ1) is 14.2. The van der Waals surface area contributed by atoms with Crippen LogP contribution in [0.15, 0.2) is 24.3 Å². The molecule has 0 amide bonds. The fraction of sp³-hybridized carbons (Fsp3) is 0.538.